The van der Waals surface area contributed by atoms with Crippen LogP contribution in [0, 0.1) is 12.8 Å². The summed E-state index contributed by atoms with van der Waals surface area (Å²) in [6.07, 6.45) is -0.102. The summed E-state index contributed by atoms with van der Waals surface area (Å²) in [4.78, 5) is 22.9. The summed E-state index contributed by atoms with van der Waals surface area (Å²) in [5, 5.41) is 11.6. The molecular weight excluding hydrogens is 244 g/mol. The van der Waals surface area contributed by atoms with Gasteiger partial charge in [0.05, 0.1) is 12.0 Å². The molecule has 0 heterocycles. The first-order valence-corrected chi connectivity index (χ1v) is 6.20. The standard InChI is InChI=1S/C14H20N2O3/c1-8(2)12(7-13(17)18)16-14(19)10-6-9(3)4-5-11(10)15/h4-6,8,12H,7,15H2,1-3H3,(H,16,19)(H,17,18). The fourth-order valence-electron chi connectivity index (χ4n) is 1.75. The highest BCUT2D eigenvalue weighted by atomic mass is 16.4. The molecular formula is C14H20N2O3. The summed E-state index contributed by atoms with van der Waals surface area (Å²) in [7, 11) is 0. The zero-order valence-corrected chi connectivity index (χ0v) is 11.4. The maximum absolute atomic E-state index is 12.1. The number of carbonyl (C=O) groups excluding carboxylic acids is 1. The molecule has 0 saturated heterocycles. The monoisotopic (exact) mass is 264 g/mol. The van der Waals surface area contributed by atoms with Gasteiger partial charge in [-0.05, 0) is 25.0 Å². The Morgan fingerprint density at radius 2 is 2.00 bits per heavy atom. The number of hydrogen-bond acceptors (Lipinski definition) is 3. The van der Waals surface area contributed by atoms with Crippen molar-refractivity contribution in [2.45, 2.75) is 33.2 Å². The largest absolute Gasteiger partial charge is 0.481 e. The molecule has 0 aliphatic carbocycles. The highest BCUT2D eigenvalue weighted by Crippen LogP contribution is 2.15. The van der Waals surface area contributed by atoms with Gasteiger partial charge in [-0.25, -0.2) is 0 Å². The van der Waals surface area contributed by atoms with E-state index in [-0.39, 0.29) is 18.2 Å². The minimum absolute atomic E-state index is 0.0334. The lowest BCUT2D eigenvalue weighted by molar-refractivity contribution is -0.137. The quantitative estimate of drug-likeness (QED) is 0.707. The van der Waals surface area contributed by atoms with E-state index in [1.54, 1.807) is 12.1 Å². The molecule has 0 radical (unpaired) electrons. The van der Waals surface area contributed by atoms with Crippen LogP contribution in [0.5, 0.6) is 0 Å². The fourth-order valence-corrected chi connectivity index (χ4v) is 1.75. The van der Waals surface area contributed by atoms with E-state index in [0.29, 0.717) is 11.3 Å². The fraction of sp³-hybridized carbons (Fsp3) is 0.429. The normalized spacial score (nSPS) is 12.2. The Morgan fingerprint density at radius 1 is 1.37 bits per heavy atom. The van der Waals surface area contributed by atoms with Crippen molar-refractivity contribution in [3.63, 3.8) is 0 Å². The highest BCUT2D eigenvalue weighted by Gasteiger charge is 2.21. The van der Waals surface area contributed by atoms with Gasteiger partial charge in [0.15, 0.2) is 0 Å². The van der Waals surface area contributed by atoms with E-state index in [1.165, 1.54) is 0 Å². The lowest BCUT2D eigenvalue weighted by atomic mass is 10.00. The number of nitrogens with one attached hydrogen (secondary N) is 1. The Bertz CT molecular complexity index is 484. The zero-order valence-electron chi connectivity index (χ0n) is 11.4. The number of carboxylic acids is 1. The van der Waals surface area contributed by atoms with E-state index in [2.05, 4.69) is 5.32 Å². The second kappa shape index (κ2) is 6.22. The molecule has 0 aliphatic rings. The summed E-state index contributed by atoms with van der Waals surface area (Å²) in [6, 6.07) is 4.78. The van der Waals surface area contributed by atoms with Crippen molar-refractivity contribution < 1.29 is 14.7 Å². The van der Waals surface area contributed by atoms with E-state index in [1.807, 2.05) is 26.8 Å². The number of carboxylic acid groups (broad SMARTS) is 1. The zero-order chi connectivity index (χ0) is 14.6. The average molecular weight is 264 g/mol. The molecule has 1 unspecified atom stereocenters. The average Bonchev–Trinajstić information content (AvgIpc) is 2.30. The molecule has 19 heavy (non-hydrogen) atoms. The first kappa shape index (κ1) is 15.0. The Balaban J connectivity index is 2.87. The first-order chi connectivity index (χ1) is 8.81. The van der Waals surface area contributed by atoms with E-state index >= 15 is 0 Å². The topological polar surface area (TPSA) is 92.4 Å². The van der Waals surface area contributed by atoms with Gasteiger partial charge in [0.25, 0.3) is 5.91 Å². The molecule has 0 spiro atoms. The third kappa shape index (κ3) is 4.28. The minimum atomic E-state index is -0.934. The molecule has 1 atom stereocenters. The molecule has 104 valence electrons. The van der Waals surface area contributed by atoms with Crippen molar-refractivity contribution in [1.29, 1.82) is 0 Å². The number of amides is 1. The Morgan fingerprint density at radius 3 is 2.53 bits per heavy atom. The van der Waals surface area contributed by atoms with E-state index in [4.69, 9.17) is 10.8 Å². The lowest BCUT2D eigenvalue weighted by Gasteiger charge is -2.21. The van der Waals surface area contributed by atoms with Crippen molar-refractivity contribution in [3.05, 3.63) is 29.3 Å². The van der Waals surface area contributed by atoms with Crippen molar-refractivity contribution >= 4 is 17.6 Å². The number of aliphatic carboxylic acids is 1. The SMILES string of the molecule is Cc1ccc(N)c(C(=O)NC(CC(=O)O)C(C)C)c1. The third-order valence-corrected chi connectivity index (χ3v) is 2.97. The lowest BCUT2D eigenvalue weighted by Crippen LogP contribution is -2.40. The molecule has 0 saturated carbocycles. The van der Waals surface area contributed by atoms with Gasteiger partial charge in [0, 0.05) is 11.7 Å². The summed E-state index contributed by atoms with van der Waals surface area (Å²) >= 11 is 0. The molecule has 1 aromatic carbocycles. The molecule has 5 nitrogen and oxygen atoms in total. The molecule has 0 bridgehead atoms. The smallest absolute Gasteiger partial charge is 0.305 e. The van der Waals surface area contributed by atoms with Crippen LogP contribution in [0.15, 0.2) is 18.2 Å². The molecule has 1 amide bonds. The van der Waals surface area contributed by atoms with E-state index in [0.717, 1.165) is 5.56 Å². The van der Waals surface area contributed by atoms with Gasteiger partial charge < -0.3 is 16.2 Å². The van der Waals surface area contributed by atoms with Crippen molar-refractivity contribution in [2.24, 2.45) is 5.92 Å². The van der Waals surface area contributed by atoms with Crippen LogP contribution >= 0.6 is 0 Å². The number of hydrogen-bond donors (Lipinski definition) is 3. The van der Waals surface area contributed by atoms with Gasteiger partial charge in [0.2, 0.25) is 0 Å². The number of nitrogen functional groups attached to an aromatic ring is 1. The molecule has 1 rings (SSSR count). The second-order valence-corrected chi connectivity index (χ2v) is 5.01. The van der Waals surface area contributed by atoms with Gasteiger partial charge in [-0.2, -0.15) is 0 Å². The van der Waals surface area contributed by atoms with Gasteiger partial charge in [-0.3, -0.25) is 9.59 Å². The van der Waals surface area contributed by atoms with Crippen LogP contribution in [0.25, 0.3) is 0 Å². The predicted molar refractivity (Wildman–Crippen MR) is 73.9 cm³/mol. The summed E-state index contributed by atoms with van der Waals surface area (Å²) in [5.41, 5.74) is 7.47. The van der Waals surface area contributed by atoms with Gasteiger partial charge >= 0.3 is 5.97 Å². The van der Waals surface area contributed by atoms with Crippen LogP contribution < -0.4 is 11.1 Å². The maximum atomic E-state index is 12.1. The van der Waals surface area contributed by atoms with Crippen molar-refractivity contribution in [2.75, 3.05) is 5.73 Å². The molecule has 0 aromatic heterocycles. The Kier molecular flexibility index (Phi) is 4.92. The Hall–Kier alpha value is -2.04. The van der Waals surface area contributed by atoms with Crippen LogP contribution in [0.3, 0.4) is 0 Å². The number of aryl methyl sites for hydroxylation is 1. The molecule has 0 fully saturated rings. The van der Waals surface area contributed by atoms with Crippen molar-refractivity contribution in [3.8, 4) is 0 Å². The second-order valence-electron chi connectivity index (χ2n) is 5.01. The third-order valence-electron chi connectivity index (χ3n) is 2.97. The van der Waals surface area contributed by atoms with Crippen LogP contribution in [-0.4, -0.2) is 23.0 Å². The maximum Gasteiger partial charge on any atom is 0.305 e. The predicted octanol–water partition coefficient (Wildman–Crippen LogP) is 1.81. The molecule has 0 aliphatic heterocycles. The molecule has 5 heteroatoms. The number of carbonyl (C=O) groups is 2. The summed E-state index contributed by atoms with van der Waals surface area (Å²) < 4.78 is 0. The number of benzene rings is 1. The van der Waals surface area contributed by atoms with Crippen molar-refractivity contribution in [1.82, 2.24) is 5.32 Å². The van der Waals surface area contributed by atoms with Crippen LogP contribution in [0.2, 0.25) is 0 Å². The Labute approximate surface area is 112 Å². The van der Waals surface area contributed by atoms with Crippen LogP contribution in [0.4, 0.5) is 5.69 Å². The summed E-state index contributed by atoms with van der Waals surface area (Å²) in [5.74, 6) is -1.23. The van der Waals surface area contributed by atoms with Gasteiger partial charge in [0.1, 0.15) is 0 Å². The number of rotatable bonds is 5. The van der Waals surface area contributed by atoms with Gasteiger partial charge in [-0.15, -0.1) is 0 Å². The highest BCUT2D eigenvalue weighted by molar-refractivity contribution is 5.99. The number of anilines is 1. The van der Waals surface area contributed by atoms with Crippen LogP contribution in [-0.2, 0) is 4.79 Å². The van der Waals surface area contributed by atoms with E-state index in [9.17, 15) is 9.59 Å². The van der Waals surface area contributed by atoms with Crippen LogP contribution in [0.1, 0.15) is 36.2 Å². The molecule has 4 N–H and O–H groups in total. The first-order valence-electron chi connectivity index (χ1n) is 6.20. The number of nitrogens with two attached hydrogens (primary N) is 1. The van der Waals surface area contributed by atoms with E-state index < -0.39 is 12.0 Å². The minimum Gasteiger partial charge on any atom is -0.481 e. The summed E-state index contributed by atoms with van der Waals surface area (Å²) in [6.45, 7) is 5.61. The van der Waals surface area contributed by atoms with Gasteiger partial charge in [-0.1, -0.05) is 25.5 Å². The molecule has 1 aromatic rings.